The zero-order valence-corrected chi connectivity index (χ0v) is 13.8. The highest BCUT2D eigenvalue weighted by atomic mass is 14.5. The van der Waals surface area contributed by atoms with E-state index in [1.807, 2.05) is 0 Å². The molecule has 0 aliphatic heterocycles. The van der Waals surface area contributed by atoms with Gasteiger partial charge in [0.15, 0.2) is 0 Å². The third-order valence-corrected chi connectivity index (χ3v) is 7.44. The van der Waals surface area contributed by atoms with Crippen LogP contribution in [0.5, 0.6) is 0 Å². The predicted molar refractivity (Wildman–Crippen MR) is 87.8 cm³/mol. The summed E-state index contributed by atoms with van der Waals surface area (Å²) in [7, 11) is 0. The maximum atomic E-state index is 2.54. The predicted octanol–water partition coefficient (Wildman–Crippen LogP) is 6.73. The summed E-state index contributed by atoms with van der Waals surface area (Å²) in [6, 6.07) is 0. The molecule has 0 aromatic carbocycles. The third kappa shape index (κ3) is 2.81. The quantitative estimate of drug-likeness (QED) is 0.536. The molecule has 0 aromatic rings. The molecule has 3 fully saturated rings. The Morgan fingerprint density at radius 1 is 0.700 bits per heavy atom. The van der Waals surface area contributed by atoms with Gasteiger partial charge in [0.25, 0.3) is 0 Å². The zero-order chi connectivity index (χ0) is 13.8. The Hall–Kier alpha value is 0. The van der Waals surface area contributed by atoms with Crippen LogP contribution in [0.15, 0.2) is 0 Å². The molecule has 3 saturated carbocycles. The number of hydrogen-bond donors (Lipinski definition) is 0. The van der Waals surface area contributed by atoms with Crippen LogP contribution >= 0.6 is 0 Å². The molecule has 116 valence electrons. The van der Waals surface area contributed by atoms with E-state index in [1.54, 1.807) is 38.5 Å². The Kier molecular flexibility index (Phi) is 5.10. The molecule has 0 heterocycles. The van der Waals surface area contributed by atoms with Crippen molar-refractivity contribution < 1.29 is 0 Å². The molecule has 2 unspecified atom stereocenters. The van der Waals surface area contributed by atoms with Crippen molar-refractivity contribution in [2.45, 2.75) is 103 Å². The fourth-order valence-corrected chi connectivity index (χ4v) is 6.44. The van der Waals surface area contributed by atoms with E-state index in [0.717, 1.165) is 23.2 Å². The molecule has 3 rings (SSSR count). The van der Waals surface area contributed by atoms with Crippen molar-refractivity contribution in [3.8, 4) is 0 Å². The summed E-state index contributed by atoms with van der Waals surface area (Å²) in [5, 5.41) is 0. The normalized spacial score (nSPS) is 38.0. The SMILES string of the molecule is CCC1(C2CCCCC2)CCCCC1C1CCCCC1. The van der Waals surface area contributed by atoms with Gasteiger partial charge in [0.2, 0.25) is 0 Å². The van der Waals surface area contributed by atoms with Crippen LogP contribution in [0, 0.1) is 23.2 Å². The van der Waals surface area contributed by atoms with Crippen LogP contribution in [0.1, 0.15) is 103 Å². The first-order valence-corrected chi connectivity index (χ1v) is 9.87. The van der Waals surface area contributed by atoms with Crippen LogP contribution in [-0.2, 0) is 0 Å². The summed E-state index contributed by atoms with van der Waals surface area (Å²) in [5.74, 6) is 3.30. The minimum atomic E-state index is 0.765. The van der Waals surface area contributed by atoms with Gasteiger partial charge in [0, 0.05) is 0 Å². The van der Waals surface area contributed by atoms with Crippen molar-refractivity contribution in [2.75, 3.05) is 0 Å². The zero-order valence-electron chi connectivity index (χ0n) is 13.8. The first-order valence-electron chi connectivity index (χ1n) is 9.87. The van der Waals surface area contributed by atoms with Crippen molar-refractivity contribution in [3.63, 3.8) is 0 Å². The van der Waals surface area contributed by atoms with Crippen molar-refractivity contribution in [2.24, 2.45) is 23.2 Å². The fraction of sp³-hybridized carbons (Fsp3) is 1.00. The first-order chi connectivity index (χ1) is 9.87. The Bertz CT molecular complexity index is 282. The molecule has 0 aromatic heterocycles. The number of rotatable bonds is 3. The second-order valence-corrected chi connectivity index (χ2v) is 8.17. The van der Waals surface area contributed by atoms with Crippen LogP contribution in [0.3, 0.4) is 0 Å². The maximum Gasteiger partial charge on any atom is -0.0241 e. The van der Waals surface area contributed by atoms with Gasteiger partial charge >= 0.3 is 0 Å². The van der Waals surface area contributed by atoms with Crippen molar-refractivity contribution >= 4 is 0 Å². The van der Waals surface area contributed by atoms with Crippen LogP contribution in [0.4, 0.5) is 0 Å². The average molecular weight is 277 g/mol. The van der Waals surface area contributed by atoms with Gasteiger partial charge in [0.05, 0.1) is 0 Å². The van der Waals surface area contributed by atoms with Gasteiger partial charge in [-0.15, -0.1) is 0 Å². The summed E-state index contributed by atoms with van der Waals surface area (Å²) in [5.41, 5.74) is 0.765. The molecule has 20 heavy (non-hydrogen) atoms. The van der Waals surface area contributed by atoms with E-state index in [2.05, 4.69) is 6.92 Å². The lowest BCUT2D eigenvalue weighted by atomic mass is 9.51. The highest BCUT2D eigenvalue weighted by Crippen LogP contribution is 2.57. The van der Waals surface area contributed by atoms with Gasteiger partial charge in [-0.05, 0) is 55.3 Å². The summed E-state index contributed by atoms with van der Waals surface area (Å²) in [6.45, 7) is 2.54. The summed E-state index contributed by atoms with van der Waals surface area (Å²) < 4.78 is 0. The van der Waals surface area contributed by atoms with E-state index in [0.29, 0.717) is 0 Å². The van der Waals surface area contributed by atoms with Gasteiger partial charge in [0.1, 0.15) is 0 Å². The van der Waals surface area contributed by atoms with Gasteiger partial charge in [-0.1, -0.05) is 71.1 Å². The van der Waals surface area contributed by atoms with Crippen molar-refractivity contribution in [3.05, 3.63) is 0 Å². The monoisotopic (exact) mass is 276 g/mol. The summed E-state index contributed by atoms with van der Waals surface area (Å²) in [6.07, 6.45) is 23.2. The lowest BCUT2D eigenvalue weighted by molar-refractivity contribution is -0.0377. The molecule has 0 heteroatoms. The molecule has 3 aliphatic carbocycles. The Morgan fingerprint density at radius 2 is 1.30 bits per heavy atom. The van der Waals surface area contributed by atoms with Gasteiger partial charge in [-0.25, -0.2) is 0 Å². The van der Waals surface area contributed by atoms with Crippen LogP contribution in [0.2, 0.25) is 0 Å². The molecule has 2 atom stereocenters. The molecule has 0 bridgehead atoms. The van der Waals surface area contributed by atoms with E-state index in [4.69, 9.17) is 0 Å². The molecule has 3 aliphatic rings. The lowest BCUT2D eigenvalue weighted by Gasteiger charge is -2.54. The third-order valence-electron chi connectivity index (χ3n) is 7.44. The van der Waals surface area contributed by atoms with Gasteiger partial charge < -0.3 is 0 Å². The smallest absolute Gasteiger partial charge is 0.0241 e. The Balaban J connectivity index is 1.79. The Morgan fingerprint density at radius 3 is 1.95 bits per heavy atom. The molecule has 0 N–H and O–H groups in total. The highest BCUT2D eigenvalue weighted by Gasteiger charge is 2.47. The van der Waals surface area contributed by atoms with Gasteiger partial charge in [-0.2, -0.15) is 0 Å². The summed E-state index contributed by atoms with van der Waals surface area (Å²) in [4.78, 5) is 0. The first kappa shape index (κ1) is 14.9. The van der Waals surface area contributed by atoms with Crippen LogP contribution in [-0.4, -0.2) is 0 Å². The van der Waals surface area contributed by atoms with Crippen molar-refractivity contribution in [1.82, 2.24) is 0 Å². The largest absolute Gasteiger partial charge is 0.0648 e. The topological polar surface area (TPSA) is 0 Å². The van der Waals surface area contributed by atoms with Crippen LogP contribution in [0.25, 0.3) is 0 Å². The molecule has 0 spiro atoms. The van der Waals surface area contributed by atoms with E-state index in [1.165, 1.54) is 57.8 Å². The van der Waals surface area contributed by atoms with E-state index < -0.39 is 0 Å². The second-order valence-electron chi connectivity index (χ2n) is 8.17. The highest BCUT2D eigenvalue weighted by molar-refractivity contribution is 4.97. The minimum Gasteiger partial charge on any atom is -0.0648 e. The van der Waals surface area contributed by atoms with E-state index >= 15 is 0 Å². The molecule has 0 radical (unpaired) electrons. The minimum absolute atomic E-state index is 0.765. The molecule has 0 amide bonds. The average Bonchev–Trinajstić information content (AvgIpc) is 2.56. The molecular weight excluding hydrogens is 240 g/mol. The van der Waals surface area contributed by atoms with E-state index in [9.17, 15) is 0 Å². The Labute approximate surface area is 127 Å². The molecule has 0 nitrogen and oxygen atoms in total. The maximum absolute atomic E-state index is 2.54. The second kappa shape index (κ2) is 6.84. The van der Waals surface area contributed by atoms with Crippen molar-refractivity contribution in [1.29, 1.82) is 0 Å². The molecular formula is C20H36. The number of hydrogen-bond acceptors (Lipinski definition) is 0. The van der Waals surface area contributed by atoms with Gasteiger partial charge in [-0.3, -0.25) is 0 Å². The summed E-state index contributed by atoms with van der Waals surface area (Å²) >= 11 is 0. The van der Waals surface area contributed by atoms with E-state index in [-0.39, 0.29) is 0 Å². The lowest BCUT2D eigenvalue weighted by Crippen LogP contribution is -2.44. The van der Waals surface area contributed by atoms with Crippen LogP contribution < -0.4 is 0 Å². The molecule has 0 saturated heterocycles. The fourth-order valence-electron chi connectivity index (χ4n) is 6.44. The standard InChI is InChI=1S/C20H36/c1-2-20(18-13-7-4-8-14-18)16-10-9-15-19(20)17-11-5-3-6-12-17/h17-19H,2-16H2,1H3.